The van der Waals surface area contributed by atoms with E-state index < -0.39 is 18.0 Å². The molecule has 0 spiro atoms. The molecule has 0 saturated carbocycles. The number of esters is 1. The third kappa shape index (κ3) is 7.29. The maximum Gasteiger partial charge on any atom is 0.310 e. The van der Waals surface area contributed by atoms with Gasteiger partial charge in [0.1, 0.15) is 11.5 Å². The van der Waals surface area contributed by atoms with Crippen molar-refractivity contribution in [3.05, 3.63) is 54.1 Å². The molecule has 2 rings (SSSR count). The number of nitrogens with one attached hydrogen (secondary N) is 1. The molecule has 0 aliphatic rings. The first kappa shape index (κ1) is 21.9. The van der Waals surface area contributed by atoms with Gasteiger partial charge in [0, 0.05) is 11.3 Å². The second kappa shape index (κ2) is 10.8. The zero-order valence-corrected chi connectivity index (χ0v) is 16.8. The number of carbonyl (C=O) groups excluding carboxylic acids is 3. The molecule has 29 heavy (non-hydrogen) atoms. The van der Waals surface area contributed by atoms with E-state index in [1.807, 2.05) is 6.92 Å². The van der Waals surface area contributed by atoms with Crippen LogP contribution in [0.3, 0.4) is 0 Å². The largest absolute Gasteiger partial charge is 0.494 e. The molecule has 7 heteroatoms. The Morgan fingerprint density at radius 1 is 0.931 bits per heavy atom. The van der Waals surface area contributed by atoms with Gasteiger partial charge in [-0.1, -0.05) is 0 Å². The summed E-state index contributed by atoms with van der Waals surface area (Å²) in [6.07, 6.45) is -0.946. The fourth-order valence-corrected chi connectivity index (χ4v) is 2.39. The molecular weight excluding hydrogens is 374 g/mol. The first-order valence-corrected chi connectivity index (χ1v) is 9.36. The van der Waals surface area contributed by atoms with Crippen molar-refractivity contribution in [3.8, 4) is 11.5 Å². The molecule has 1 amide bonds. The fourth-order valence-electron chi connectivity index (χ4n) is 2.39. The quantitative estimate of drug-likeness (QED) is 0.485. The summed E-state index contributed by atoms with van der Waals surface area (Å²) >= 11 is 0. The van der Waals surface area contributed by atoms with Crippen LogP contribution in [0.15, 0.2) is 48.5 Å². The van der Waals surface area contributed by atoms with Crippen LogP contribution in [0, 0.1) is 0 Å². The summed E-state index contributed by atoms with van der Waals surface area (Å²) in [5, 5.41) is 2.64. The minimum Gasteiger partial charge on any atom is -0.494 e. The number of carbonyl (C=O) groups is 3. The van der Waals surface area contributed by atoms with E-state index in [2.05, 4.69) is 5.32 Å². The maximum atomic E-state index is 12.1. The van der Waals surface area contributed by atoms with E-state index in [0.717, 1.165) is 5.75 Å². The van der Waals surface area contributed by atoms with Crippen molar-refractivity contribution in [3.63, 3.8) is 0 Å². The topological polar surface area (TPSA) is 90.9 Å². The third-order valence-corrected chi connectivity index (χ3v) is 3.95. The number of amides is 1. The number of Topliss-reactive ketones (excluding diaryl/α,β-unsaturated/α-hetero) is 1. The highest BCUT2D eigenvalue weighted by molar-refractivity contribution is 5.97. The van der Waals surface area contributed by atoms with Gasteiger partial charge in [0.15, 0.2) is 11.9 Å². The van der Waals surface area contributed by atoms with Crippen molar-refractivity contribution in [2.24, 2.45) is 0 Å². The van der Waals surface area contributed by atoms with E-state index in [9.17, 15) is 14.4 Å². The molecule has 0 aliphatic carbocycles. The molecule has 0 radical (unpaired) electrons. The highest BCUT2D eigenvalue weighted by Crippen LogP contribution is 2.17. The molecule has 0 aliphatic heterocycles. The predicted octanol–water partition coefficient (Wildman–Crippen LogP) is 3.63. The SMILES string of the molecule is CCOc1ccc(OCCC(=O)O[C@@H](C)C(=O)Nc2ccc(C(C)=O)cc2)cc1. The number of ether oxygens (including phenoxy) is 3. The summed E-state index contributed by atoms with van der Waals surface area (Å²) in [4.78, 5) is 35.3. The lowest BCUT2D eigenvalue weighted by Crippen LogP contribution is -2.30. The first-order valence-electron chi connectivity index (χ1n) is 9.36. The van der Waals surface area contributed by atoms with E-state index in [1.54, 1.807) is 48.5 Å². The standard InChI is InChI=1S/C22H25NO6/c1-4-27-19-9-11-20(12-10-19)28-14-13-21(25)29-16(3)22(26)23-18-7-5-17(6-8-18)15(2)24/h5-12,16H,4,13-14H2,1-3H3,(H,23,26)/t16-/m0/s1. The third-order valence-electron chi connectivity index (χ3n) is 3.95. The van der Waals surface area contributed by atoms with Crippen LogP contribution >= 0.6 is 0 Å². The lowest BCUT2D eigenvalue weighted by atomic mass is 10.1. The van der Waals surface area contributed by atoms with Crippen LogP contribution in [0.2, 0.25) is 0 Å². The van der Waals surface area contributed by atoms with Gasteiger partial charge in [-0.25, -0.2) is 0 Å². The first-order chi connectivity index (χ1) is 13.9. The number of hydrogen-bond donors (Lipinski definition) is 1. The van der Waals surface area contributed by atoms with Gasteiger partial charge in [0.25, 0.3) is 5.91 Å². The van der Waals surface area contributed by atoms with Gasteiger partial charge < -0.3 is 19.5 Å². The van der Waals surface area contributed by atoms with Crippen molar-refractivity contribution < 1.29 is 28.6 Å². The number of rotatable bonds is 10. The molecule has 7 nitrogen and oxygen atoms in total. The van der Waals surface area contributed by atoms with Gasteiger partial charge in [-0.15, -0.1) is 0 Å². The van der Waals surface area contributed by atoms with Crippen LogP contribution in [0.1, 0.15) is 37.6 Å². The molecule has 0 aromatic heterocycles. The molecule has 0 fully saturated rings. The Balaban J connectivity index is 1.73. The number of benzene rings is 2. The number of ketones is 1. The van der Waals surface area contributed by atoms with E-state index in [4.69, 9.17) is 14.2 Å². The molecule has 2 aromatic rings. The molecule has 0 saturated heterocycles. The summed E-state index contributed by atoms with van der Waals surface area (Å²) in [7, 11) is 0. The maximum absolute atomic E-state index is 12.1. The van der Waals surface area contributed by atoms with Gasteiger partial charge in [-0.2, -0.15) is 0 Å². The molecule has 1 atom stereocenters. The summed E-state index contributed by atoms with van der Waals surface area (Å²) in [6, 6.07) is 13.5. The second-order valence-electron chi connectivity index (χ2n) is 6.26. The Morgan fingerprint density at radius 2 is 1.52 bits per heavy atom. The fraction of sp³-hybridized carbons (Fsp3) is 0.318. The number of anilines is 1. The Hall–Kier alpha value is -3.35. The zero-order chi connectivity index (χ0) is 21.2. The van der Waals surface area contributed by atoms with E-state index >= 15 is 0 Å². The van der Waals surface area contributed by atoms with Crippen LogP contribution in [0.5, 0.6) is 11.5 Å². The minimum absolute atomic E-state index is 0.0120. The van der Waals surface area contributed by atoms with Gasteiger partial charge in [-0.05, 0) is 69.3 Å². The van der Waals surface area contributed by atoms with Crippen molar-refractivity contribution in [1.82, 2.24) is 0 Å². The smallest absolute Gasteiger partial charge is 0.310 e. The summed E-state index contributed by atoms with van der Waals surface area (Å²) in [5.74, 6) is 0.306. The van der Waals surface area contributed by atoms with Crippen molar-refractivity contribution >= 4 is 23.3 Å². The Kier molecular flexibility index (Phi) is 8.21. The Bertz CT molecular complexity index is 829. The second-order valence-corrected chi connectivity index (χ2v) is 6.26. The van der Waals surface area contributed by atoms with Crippen LogP contribution < -0.4 is 14.8 Å². The van der Waals surface area contributed by atoms with Gasteiger partial charge >= 0.3 is 5.97 Å². The van der Waals surface area contributed by atoms with Gasteiger partial charge in [0.05, 0.1) is 19.6 Å². The molecule has 0 unspecified atom stereocenters. The van der Waals surface area contributed by atoms with E-state index in [0.29, 0.717) is 23.6 Å². The van der Waals surface area contributed by atoms with Gasteiger partial charge in [-0.3, -0.25) is 14.4 Å². The summed E-state index contributed by atoms with van der Waals surface area (Å²) < 4.78 is 16.0. The normalized spacial score (nSPS) is 11.3. The molecule has 0 bridgehead atoms. The van der Waals surface area contributed by atoms with Crippen molar-refractivity contribution in [2.75, 3.05) is 18.5 Å². The lowest BCUT2D eigenvalue weighted by molar-refractivity contribution is -0.153. The van der Waals surface area contributed by atoms with Crippen molar-refractivity contribution in [2.45, 2.75) is 33.3 Å². The van der Waals surface area contributed by atoms with Crippen LogP contribution in [-0.4, -0.2) is 37.0 Å². The average molecular weight is 399 g/mol. The minimum atomic E-state index is -0.958. The van der Waals surface area contributed by atoms with E-state index in [1.165, 1.54) is 13.8 Å². The van der Waals surface area contributed by atoms with Crippen LogP contribution in [0.4, 0.5) is 5.69 Å². The van der Waals surface area contributed by atoms with Crippen molar-refractivity contribution in [1.29, 1.82) is 0 Å². The monoisotopic (exact) mass is 399 g/mol. The average Bonchev–Trinajstić information content (AvgIpc) is 2.70. The Labute approximate surface area is 170 Å². The summed E-state index contributed by atoms with van der Waals surface area (Å²) in [5.41, 5.74) is 1.07. The van der Waals surface area contributed by atoms with Crippen LogP contribution in [0.25, 0.3) is 0 Å². The van der Waals surface area contributed by atoms with E-state index in [-0.39, 0.29) is 18.8 Å². The van der Waals surface area contributed by atoms with Gasteiger partial charge in [0.2, 0.25) is 0 Å². The Morgan fingerprint density at radius 3 is 2.07 bits per heavy atom. The molecule has 154 valence electrons. The highest BCUT2D eigenvalue weighted by Gasteiger charge is 2.18. The highest BCUT2D eigenvalue weighted by atomic mass is 16.5. The van der Waals surface area contributed by atoms with Crippen LogP contribution in [-0.2, 0) is 14.3 Å². The predicted molar refractivity (Wildman–Crippen MR) is 108 cm³/mol. The zero-order valence-electron chi connectivity index (χ0n) is 16.8. The molecule has 1 N–H and O–H groups in total. The lowest BCUT2D eigenvalue weighted by Gasteiger charge is -2.14. The summed E-state index contributed by atoms with van der Waals surface area (Å²) in [6.45, 7) is 5.58. The molecular formula is C22H25NO6. The molecule has 2 aromatic carbocycles. The molecule has 0 heterocycles. The number of hydrogen-bond acceptors (Lipinski definition) is 6.